The highest BCUT2D eigenvalue weighted by Crippen LogP contribution is 2.24. The molecule has 1 aliphatic heterocycles. The summed E-state index contributed by atoms with van der Waals surface area (Å²) in [5.41, 5.74) is 1.30. The Bertz CT molecular complexity index is 392. The van der Waals surface area contributed by atoms with Gasteiger partial charge in [-0.05, 0) is 32.4 Å². The van der Waals surface area contributed by atoms with Crippen LogP contribution in [-0.4, -0.2) is 29.7 Å². The smallest absolute Gasteiger partial charge is 0.0757 e. The summed E-state index contributed by atoms with van der Waals surface area (Å²) in [7, 11) is 0. The van der Waals surface area contributed by atoms with Crippen molar-refractivity contribution in [1.82, 2.24) is 4.90 Å². The third-order valence-corrected chi connectivity index (χ3v) is 3.77. The quantitative estimate of drug-likeness (QED) is 0.829. The molecule has 0 N–H and O–H groups in total. The monoisotopic (exact) mass is 297 g/mol. The van der Waals surface area contributed by atoms with Crippen molar-refractivity contribution in [3.8, 4) is 0 Å². The average Bonchev–Trinajstić information content (AvgIpc) is 2.18. The summed E-state index contributed by atoms with van der Waals surface area (Å²) >= 11 is 3.61. The van der Waals surface area contributed by atoms with Crippen LogP contribution in [0.1, 0.15) is 26.3 Å². The van der Waals surface area contributed by atoms with E-state index in [2.05, 4.69) is 65.9 Å². The van der Waals surface area contributed by atoms with E-state index in [1.807, 2.05) is 0 Å². The molecule has 0 radical (unpaired) electrons. The van der Waals surface area contributed by atoms with Crippen molar-refractivity contribution >= 4 is 15.9 Å². The van der Waals surface area contributed by atoms with Gasteiger partial charge < -0.3 is 4.74 Å². The van der Waals surface area contributed by atoms with Crippen molar-refractivity contribution in [1.29, 1.82) is 0 Å². The molecule has 1 fully saturated rings. The van der Waals surface area contributed by atoms with E-state index in [1.54, 1.807) is 0 Å². The van der Waals surface area contributed by atoms with E-state index in [4.69, 9.17) is 4.74 Å². The zero-order chi connectivity index (χ0) is 12.5. The van der Waals surface area contributed by atoms with Gasteiger partial charge in [-0.25, -0.2) is 0 Å². The predicted molar refractivity (Wildman–Crippen MR) is 74.0 cm³/mol. The first-order valence-corrected chi connectivity index (χ1v) is 6.89. The van der Waals surface area contributed by atoms with Crippen molar-refractivity contribution in [2.24, 2.45) is 0 Å². The van der Waals surface area contributed by atoms with Crippen LogP contribution in [0.25, 0.3) is 0 Å². The first kappa shape index (κ1) is 13.1. The summed E-state index contributed by atoms with van der Waals surface area (Å²) in [5, 5.41) is 0. The van der Waals surface area contributed by atoms with E-state index in [0.29, 0.717) is 6.10 Å². The van der Waals surface area contributed by atoms with Crippen molar-refractivity contribution in [3.63, 3.8) is 0 Å². The molecule has 0 aromatic heterocycles. The molecule has 1 saturated heterocycles. The minimum Gasteiger partial charge on any atom is -0.370 e. The van der Waals surface area contributed by atoms with Crippen LogP contribution in [0.4, 0.5) is 0 Å². The second-order valence-electron chi connectivity index (χ2n) is 5.45. The third kappa shape index (κ3) is 3.54. The van der Waals surface area contributed by atoms with Gasteiger partial charge in [0, 0.05) is 24.1 Å². The maximum absolute atomic E-state index is 5.92. The van der Waals surface area contributed by atoms with Crippen LogP contribution in [0.5, 0.6) is 0 Å². The van der Waals surface area contributed by atoms with Gasteiger partial charge in [-0.1, -0.05) is 34.1 Å². The van der Waals surface area contributed by atoms with Gasteiger partial charge in [0.25, 0.3) is 0 Å². The normalized spacial score (nSPS) is 24.8. The number of ether oxygens (including phenoxy) is 1. The first-order valence-electron chi connectivity index (χ1n) is 6.10. The van der Waals surface area contributed by atoms with E-state index in [0.717, 1.165) is 19.6 Å². The number of halogens is 1. The number of morpholine rings is 1. The van der Waals surface area contributed by atoms with Gasteiger partial charge in [0.1, 0.15) is 0 Å². The van der Waals surface area contributed by atoms with Crippen molar-refractivity contribution in [3.05, 3.63) is 34.3 Å². The number of hydrogen-bond acceptors (Lipinski definition) is 2. The molecule has 2 rings (SSSR count). The maximum Gasteiger partial charge on any atom is 0.0757 e. The Balaban J connectivity index is 2.06. The lowest BCUT2D eigenvalue weighted by atomic mass is 10.0. The molecular formula is C14H20BrNO. The molecule has 1 aromatic rings. The standard InChI is InChI=1S/C14H20BrNO/c1-11-8-16(10-14(2,3)17-11)9-12-6-4-5-7-13(12)15/h4-7,11H,8-10H2,1-3H3. The van der Waals surface area contributed by atoms with E-state index in [1.165, 1.54) is 10.0 Å². The number of rotatable bonds is 2. The third-order valence-electron chi connectivity index (χ3n) is 2.99. The molecule has 1 heterocycles. The fourth-order valence-electron chi connectivity index (χ4n) is 2.57. The summed E-state index contributed by atoms with van der Waals surface area (Å²) in [6, 6.07) is 8.43. The lowest BCUT2D eigenvalue weighted by Crippen LogP contribution is -2.51. The second kappa shape index (κ2) is 5.09. The molecule has 0 saturated carbocycles. The highest BCUT2D eigenvalue weighted by molar-refractivity contribution is 9.10. The van der Waals surface area contributed by atoms with Crippen LogP contribution < -0.4 is 0 Å². The molecule has 0 amide bonds. The summed E-state index contributed by atoms with van der Waals surface area (Å²) < 4.78 is 7.11. The highest BCUT2D eigenvalue weighted by Gasteiger charge is 2.31. The molecule has 0 aliphatic carbocycles. The molecule has 3 heteroatoms. The zero-order valence-corrected chi connectivity index (χ0v) is 12.3. The lowest BCUT2D eigenvalue weighted by molar-refractivity contribution is -0.130. The molecule has 1 aliphatic rings. The van der Waals surface area contributed by atoms with Crippen LogP contribution >= 0.6 is 15.9 Å². The Kier molecular flexibility index (Phi) is 3.91. The molecule has 94 valence electrons. The van der Waals surface area contributed by atoms with Crippen LogP contribution in [0.2, 0.25) is 0 Å². The topological polar surface area (TPSA) is 12.5 Å². The number of benzene rings is 1. The summed E-state index contributed by atoms with van der Waals surface area (Å²) in [4.78, 5) is 2.47. The van der Waals surface area contributed by atoms with Gasteiger partial charge in [0.2, 0.25) is 0 Å². The Labute approximate surface area is 112 Å². The van der Waals surface area contributed by atoms with E-state index >= 15 is 0 Å². The first-order chi connectivity index (χ1) is 7.96. The van der Waals surface area contributed by atoms with Crippen molar-refractivity contribution in [2.45, 2.75) is 39.0 Å². The maximum atomic E-state index is 5.92. The minimum absolute atomic E-state index is 0.0427. The van der Waals surface area contributed by atoms with Gasteiger partial charge in [-0.15, -0.1) is 0 Å². The van der Waals surface area contributed by atoms with Gasteiger partial charge in [0.05, 0.1) is 11.7 Å². The predicted octanol–water partition coefficient (Wildman–Crippen LogP) is 3.45. The largest absolute Gasteiger partial charge is 0.370 e. The fourth-order valence-corrected chi connectivity index (χ4v) is 2.98. The van der Waals surface area contributed by atoms with E-state index in [9.17, 15) is 0 Å². The van der Waals surface area contributed by atoms with Crippen molar-refractivity contribution < 1.29 is 4.74 Å². The summed E-state index contributed by atoms with van der Waals surface area (Å²) in [6.07, 6.45) is 0.307. The molecule has 0 bridgehead atoms. The number of nitrogens with zero attached hydrogens (tertiary/aromatic N) is 1. The summed E-state index contributed by atoms with van der Waals surface area (Å²) in [5.74, 6) is 0. The molecule has 1 unspecified atom stereocenters. The molecule has 1 atom stereocenters. The van der Waals surface area contributed by atoms with Crippen LogP contribution in [0, 0.1) is 0 Å². The fraction of sp³-hybridized carbons (Fsp3) is 0.571. The van der Waals surface area contributed by atoms with Crippen molar-refractivity contribution in [2.75, 3.05) is 13.1 Å². The zero-order valence-electron chi connectivity index (χ0n) is 10.7. The molecule has 0 spiro atoms. The lowest BCUT2D eigenvalue weighted by Gasteiger charge is -2.41. The average molecular weight is 298 g/mol. The Morgan fingerprint density at radius 2 is 2.12 bits per heavy atom. The van der Waals surface area contributed by atoms with Gasteiger partial charge in [0.15, 0.2) is 0 Å². The van der Waals surface area contributed by atoms with Crippen LogP contribution in [0.3, 0.4) is 0 Å². The van der Waals surface area contributed by atoms with Gasteiger partial charge >= 0.3 is 0 Å². The summed E-state index contributed by atoms with van der Waals surface area (Å²) in [6.45, 7) is 9.45. The molecule has 1 aromatic carbocycles. The SMILES string of the molecule is CC1CN(Cc2ccccc2Br)CC(C)(C)O1. The second-order valence-corrected chi connectivity index (χ2v) is 6.30. The van der Waals surface area contributed by atoms with E-state index < -0.39 is 0 Å². The molecule has 17 heavy (non-hydrogen) atoms. The van der Waals surface area contributed by atoms with E-state index in [-0.39, 0.29) is 5.60 Å². The van der Waals surface area contributed by atoms with Gasteiger partial charge in [-0.3, -0.25) is 4.90 Å². The Hall–Kier alpha value is -0.380. The van der Waals surface area contributed by atoms with Crippen LogP contribution in [0.15, 0.2) is 28.7 Å². The van der Waals surface area contributed by atoms with Gasteiger partial charge in [-0.2, -0.15) is 0 Å². The van der Waals surface area contributed by atoms with Crippen LogP contribution in [-0.2, 0) is 11.3 Å². The highest BCUT2D eigenvalue weighted by atomic mass is 79.9. The molecule has 2 nitrogen and oxygen atoms in total. The Morgan fingerprint density at radius 1 is 1.41 bits per heavy atom. The number of hydrogen-bond donors (Lipinski definition) is 0. The Morgan fingerprint density at radius 3 is 2.76 bits per heavy atom. The molecular weight excluding hydrogens is 278 g/mol. The minimum atomic E-state index is -0.0427.